The van der Waals surface area contributed by atoms with Crippen LogP contribution in [0.15, 0.2) is 24.4 Å². The molecule has 2 aromatic rings. The van der Waals surface area contributed by atoms with Gasteiger partial charge in [0.15, 0.2) is 5.69 Å². The van der Waals surface area contributed by atoms with Gasteiger partial charge in [-0.25, -0.2) is 4.98 Å². The first-order valence-corrected chi connectivity index (χ1v) is 9.94. The number of fused-ring (bicyclic) bond motifs is 1. The van der Waals surface area contributed by atoms with E-state index < -0.39 is 0 Å². The van der Waals surface area contributed by atoms with Gasteiger partial charge in [0.25, 0.3) is 5.91 Å². The minimum Gasteiger partial charge on any atom is -0.345 e. The van der Waals surface area contributed by atoms with Gasteiger partial charge in [-0.05, 0) is 74.8 Å². The Balaban J connectivity index is 1.46. The van der Waals surface area contributed by atoms with Crippen molar-refractivity contribution in [1.82, 2.24) is 14.7 Å². The number of nitrogens with one attached hydrogen (secondary N) is 1. The third kappa shape index (κ3) is 2.49. The van der Waals surface area contributed by atoms with Gasteiger partial charge in [-0.3, -0.25) is 4.79 Å². The highest BCUT2D eigenvalue weighted by Crippen LogP contribution is 2.55. The predicted octanol–water partition coefficient (Wildman–Crippen LogP) is 3.99. The number of nitrogens with zero attached hydrogens (tertiary/aromatic N) is 2. The van der Waals surface area contributed by atoms with Crippen LogP contribution in [0.3, 0.4) is 0 Å². The number of hydrogen-bond donors (Lipinski definition) is 1. The summed E-state index contributed by atoms with van der Waals surface area (Å²) in [6, 6.07) is 6.02. The molecular weight excluding hydrogens is 310 g/mol. The van der Waals surface area contributed by atoms with Gasteiger partial charge in [-0.2, -0.15) is 0 Å². The van der Waals surface area contributed by atoms with Gasteiger partial charge < -0.3 is 9.72 Å². The highest BCUT2D eigenvalue weighted by Gasteiger charge is 2.51. The Morgan fingerprint density at radius 1 is 1.20 bits per heavy atom. The molecular formula is C21H27N3O. The van der Waals surface area contributed by atoms with E-state index in [0.29, 0.717) is 5.69 Å². The fourth-order valence-corrected chi connectivity index (χ4v) is 6.23. The third-order valence-corrected chi connectivity index (χ3v) is 6.73. The SMILES string of the molecule is CCCc1nc(C(=O)NC23CC4CC(CC(C4)C2)C3)c2ccccn12. The van der Waals surface area contributed by atoms with Crippen LogP contribution in [0.5, 0.6) is 0 Å². The standard InChI is InChI=1S/C21H27N3O/c1-2-5-18-22-19(17-6-3-4-7-24(17)18)20(25)23-21-11-14-8-15(12-21)10-16(9-14)13-21/h3-4,6-7,14-16H,2,5,8-13H2,1H3,(H,23,25). The molecule has 4 fully saturated rings. The van der Waals surface area contributed by atoms with Gasteiger partial charge >= 0.3 is 0 Å². The zero-order valence-electron chi connectivity index (χ0n) is 15.0. The molecule has 0 atom stereocenters. The van der Waals surface area contributed by atoms with Gasteiger partial charge in [-0.1, -0.05) is 13.0 Å². The van der Waals surface area contributed by atoms with Crippen LogP contribution in [0.2, 0.25) is 0 Å². The number of amides is 1. The minimum absolute atomic E-state index is 0.0352. The summed E-state index contributed by atoms with van der Waals surface area (Å²) in [5.41, 5.74) is 1.59. The smallest absolute Gasteiger partial charge is 0.272 e. The summed E-state index contributed by atoms with van der Waals surface area (Å²) >= 11 is 0. The molecule has 0 saturated heterocycles. The summed E-state index contributed by atoms with van der Waals surface area (Å²) in [7, 11) is 0. The molecule has 4 heteroatoms. The fourth-order valence-electron chi connectivity index (χ4n) is 6.23. The number of aryl methyl sites for hydroxylation is 1. The molecule has 4 bridgehead atoms. The van der Waals surface area contributed by atoms with Crippen LogP contribution in [-0.4, -0.2) is 20.8 Å². The Morgan fingerprint density at radius 3 is 2.52 bits per heavy atom. The molecule has 1 amide bonds. The molecule has 2 heterocycles. The summed E-state index contributed by atoms with van der Waals surface area (Å²) in [4.78, 5) is 17.9. The van der Waals surface area contributed by atoms with E-state index in [0.717, 1.165) is 41.9 Å². The lowest BCUT2D eigenvalue weighted by atomic mass is 9.53. The maximum atomic E-state index is 13.2. The molecule has 0 aromatic carbocycles. The van der Waals surface area contributed by atoms with Crippen molar-refractivity contribution in [2.45, 2.75) is 63.8 Å². The van der Waals surface area contributed by atoms with E-state index in [-0.39, 0.29) is 11.4 Å². The molecule has 4 saturated carbocycles. The van der Waals surface area contributed by atoms with E-state index >= 15 is 0 Å². The van der Waals surface area contributed by atoms with Crippen molar-refractivity contribution in [3.05, 3.63) is 35.9 Å². The number of aromatic nitrogens is 2. The van der Waals surface area contributed by atoms with E-state index in [1.54, 1.807) is 0 Å². The Morgan fingerprint density at radius 2 is 1.88 bits per heavy atom. The largest absolute Gasteiger partial charge is 0.345 e. The van der Waals surface area contributed by atoms with Crippen LogP contribution in [0.4, 0.5) is 0 Å². The number of imidazole rings is 1. The maximum Gasteiger partial charge on any atom is 0.272 e. The lowest BCUT2D eigenvalue weighted by molar-refractivity contribution is -0.0167. The quantitative estimate of drug-likeness (QED) is 0.917. The van der Waals surface area contributed by atoms with Crippen LogP contribution in [-0.2, 0) is 6.42 Å². The second kappa shape index (κ2) is 5.58. The van der Waals surface area contributed by atoms with Gasteiger partial charge in [0.2, 0.25) is 0 Å². The Hall–Kier alpha value is -1.84. The van der Waals surface area contributed by atoms with Gasteiger partial charge in [0.1, 0.15) is 5.82 Å². The zero-order chi connectivity index (χ0) is 17.0. The highest BCUT2D eigenvalue weighted by molar-refractivity contribution is 5.99. The molecule has 1 N–H and O–H groups in total. The Kier molecular flexibility index (Phi) is 3.44. The first-order valence-electron chi connectivity index (χ1n) is 9.94. The van der Waals surface area contributed by atoms with Gasteiger partial charge in [-0.15, -0.1) is 0 Å². The second-order valence-corrected chi connectivity index (χ2v) is 8.73. The van der Waals surface area contributed by atoms with E-state index in [9.17, 15) is 4.79 Å². The fraction of sp³-hybridized carbons (Fsp3) is 0.619. The monoisotopic (exact) mass is 337 g/mol. The predicted molar refractivity (Wildman–Crippen MR) is 97.6 cm³/mol. The highest BCUT2D eigenvalue weighted by atomic mass is 16.2. The molecule has 6 rings (SSSR count). The van der Waals surface area contributed by atoms with Crippen molar-refractivity contribution >= 4 is 11.4 Å². The first kappa shape index (κ1) is 15.4. The van der Waals surface area contributed by atoms with Crippen LogP contribution in [0.1, 0.15) is 68.2 Å². The molecule has 0 radical (unpaired) electrons. The van der Waals surface area contributed by atoms with E-state index in [1.165, 1.54) is 38.5 Å². The van der Waals surface area contributed by atoms with Crippen LogP contribution >= 0.6 is 0 Å². The normalized spacial score (nSPS) is 33.1. The van der Waals surface area contributed by atoms with Crippen molar-refractivity contribution in [2.24, 2.45) is 17.8 Å². The van der Waals surface area contributed by atoms with Crippen LogP contribution in [0.25, 0.3) is 5.52 Å². The molecule has 0 aliphatic heterocycles. The lowest BCUT2D eigenvalue weighted by Gasteiger charge is -2.56. The van der Waals surface area contributed by atoms with Crippen molar-refractivity contribution in [1.29, 1.82) is 0 Å². The summed E-state index contributed by atoms with van der Waals surface area (Å²) in [6.45, 7) is 2.15. The summed E-state index contributed by atoms with van der Waals surface area (Å²) in [5.74, 6) is 3.53. The molecule has 0 spiro atoms. The number of rotatable bonds is 4. The molecule has 2 aromatic heterocycles. The average molecular weight is 337 g/mol. The van der Waals surface area contributed by atoms with E-state index in [2.05, 4.69) is 16.6 Å². The molecule has 4 aliphatic rings. The van der Waals surface area contributed by atoms with Crippen molar-refractivity contribution in [3.63, 3.8) is 0 Å². The van der Waals surface area contributed by atoms with Gasteiger partial charge in [0.05, 0.1) is 5.52 Å². The topological polar surface area (TPSA) is 46.4 Å². The van der Waals surface area contributed by atoms with Crippen molar-refractivity contribution < 1.29 is 4.79 Å². The maximum absolute atomic E-state index is 13.2. The van der Waals surface area contributed by atoms with Gasteiger partial charge in [0, 0.05) is 18.2 Å². The Bertz CT molecular complexity index is 786. The molecule has 4 aliphatic carbocycles. The number of carbonyl (C=O) groups excluding carboxylic acids is 1. The van der Waals surface area contributed by atoms with E-state index in [1.807, 2.05) is 24.4 Å². The Labute approximate surface area is 149 Å². The minimum atomic E-state index is 0.0352. The second-order valence-electron chi connectivity index (χ2n) is 8.73. The van der Waals surface area contributed by atoms with Crippen molar-refractivity contribution in [3.8, 4) is 0 Å². The molecule has 0 unspecified atom stereocenters. The average Bonchev–Trinajstić information content (AvgIpc) is 2.93. The summed E-state index contributed by atoms with van der Waals surface area (Å²) < 4.78 is 2.08. The molecule has 4 nitrogen and oxygen atoms in total. The number of carbonyl (C=O) groups is 1. The number of hydrogen-bond acceptors (Lipinski definition) is 2. The zero-order valence-corrected chi connectivity index (χ0v) is 15.0. The third-order valence-electron chi connectivity index (χ3n) is 6.73. The van der Waals surface area contributed by atoms with Crippen molar-refractivity contribution in [2.75, 3.05) is 0 Å². The number of pyridine rings is 1. The lowest BCUT2D eigenvalue weighted by Crippen LogP contribution is -2.59. The van der Waals surface area contributed by atoms with Crippen LogP contribution in [0, 0.1) is 17.8 Å². The first-order chi connectivity index (χ1) is 12.2. The molecule has 132 valence electrons. The van der Waals surface area contributed by atoms with Crippen LogP contribution < -0.4 is 5.32 Å². The van der Waals surface area contributed by atoms with E-state index in [4.69, 9.17) is 4.98 Å². The molecule has 25 heavy (non-hydrogen) atoms. The summed E-state index contributed by atoms with van der Waals surface area (Å²) in [5, 5.41) is 3.47. The summed E-state index contributed by atoms with van der Waals surface area (Å²) in [6.07, 6.45) is 11.7.